The average molecular weight is 238 g/mol. The molecule has 0 spiro atoms. The number of hydrogen-bond donors (Lipinski definition) is 1. The summed E-state index contributed by atoms with van der Waals surface area (Å²) in [5.74, 6) is 0. The Morgan fingerprint density at radius 2 is 2.00 bits per heavy atom. The van der Waals surface area contributed by atoms with E-state index >= 15 is 0 Å². The van der Waals surface area contributed by atoms with Crippen molar-refractivity contribution in [3.8, 4) is 0 Å². The van der Waals surface area contributed by atoms with Crippen LogP contribution < -0.4 is 5.73 Å². The van der Waals surface area contributed by atoms with Crippen LogP contribution >= 0.6 is 11.3 Å². The van der Waals surface area contributed by atoms with Gasteiger partial charge >= 0.3 is 0 Å². The zero-order valence-corrected chi connectivity index (χ0v) is 11.4. The van der Waals surface area contributed by atoms with Gasteiger partial charge in [0.1, 0.15) is 5.01 Å². The third kappa shape index (κ3) is 2.83. The van der Waals surface area contributed by atoms with Gasteiger partial charge in [0, 0.05) is 4.88 Å². The highest BCUT2D eigenvalue weighted by atomic mass is 32.1. The molecule has 90 valence electrons. The Balaban J connectivity index is 2.12. The van der Waals surface area contributed by atoms with Crippen LogP contribution in [0.1, 0.15) is 61.7 Å². The van der Waals surface area contributed by atoms with E-state index in [0.29, 0.717) is 0 Å². The predicted octanol–water partition coefficient (Wildman–Crippen LogP) is 3.46. The highest BCUT2D eigenvalue weighted by molar-refractivity contribution is 7.11. The van der Waals surface area contributed by atoms with Crippen molar-refractivity contribution < 1.29 is 0 Å². The lowest BCUT2D eigenvalue weighted by molar-refractivity contribution is 0.342. The van der Waals surface area contributed by atoms with Crippen LogP contribution in [0.3, 0.4) is 0 Å². The number of aryl methyl sites for hydroxylation is 2. The van der Waals surface area contributed by atoms with Gasteiger partial charge in [0.15, 0.2) is 0 Å². The minimum absolute atomic E-state index is 0.121. The van der Waals surface area contributed by atoms with E-state index in [1.54, 1.807) is 0 Å². The van der Waals surface area contributed by atoms with Crippen LogP contribution in [-0.4, -0.2) is 4.98 Å². The Morgan fingerprint density at radius 3 is 2.62 bits per heavy atom. The lowest BCUT2D eigenvalue weighted by Gasteiger charge is -2.21. The molecule has 0 saturated carbocycles. The smallest absolute Gasteiger partial charge is 0.110 e. The van der Waals surface area contributed by atoms with E-state index < -0.39 is 0 Å². The largest absolute Gasteiger partial charge is 0.322 e. The van der Waals surface area contributed by atoms with E-state index in [1.807, 2.05) is 11.3 Å². The third-order valence-electron chi connectivity index (χ3n) is 3.01. The zero-order valence-electron chi connectivity index (χ0n) is 10.5. The van der Waals surface area contributed by atoms with Gasteiger partial charge in [-0.15, -0.1) is 11.3 Å². The molecule has 0 saturated heterocycles. The summed E-state index contributed by atoms with van der Waals surface area (Å²) >= 11 is 1.85. The number of rotatable bonds is 2. The monoisotopic (exact) mass is 238 g/mol. The number of aromatic nitrogens is 1. The fourth-order valence-corrected chi connectivity index (χ4v) is 3.43. The molecule has 1 heterocycles. The molecule has 1 aliphatic rings. The third-order valence-corrected chi connectivity index (χ3v) is 4.30. The maximum Gasteiger partial charge on any atom is 0.110 e. The zero-order chi connectivity index (χ0) is 11.8. The van der Waals surface area contributed by atoms with E-state index in [1.165, 1.54) is 29.8 Å². The number of thiazole rings is 1. The molecule has 2 rings (SSSR count). The maximum atomic E-state index is 6.24. The highest BCUT2D eigenvalue weighted by Crippen LogP contribution is 2.33. The molecular formula is C13H22N2S. The fraction of sp³-hybridized carbons (Fsp3) is 0.769. The molecule has 16 heavy (non-hydrogen) atoms. The van der Waals surface area contributed by atoms with Gasteiger partial charge in [0.2, 0.25) is 0 Å². The summed E-state index contributed by atoms with van der Waals surface area (Å²) < 4.78 is 0. The first-order valence-electron chi connectivity index (χ1n) is 6.20. The van der Waals surface area contributed by atoms with Crippen LogP contribution in [-0.2, 0) is 12.8 Å². The van der Waals surface area contributed by atoms with Crippen molar-refractivity contribution in [3.05, 3.63) is 15.6 Å². The van der Waals surface area contributed by atoms with Crippen molar-refractivity contribution in [1.82, 2.24) is 4.98 Å². The lowest BCUT2D eigenvalue weighted by atomic mass is 9.88. The van der Waals surface area contributed by atoms with Crippen molar-refractivity contribution in [3.63, 3.8) is 0 Å². The molecule has 0 radical (unpaired) electrons. The predicted molar refractivity (Wildman–Crippen MR) is 69.8 cm³/mol. The molecule has 3 heteroatoms. The van der Waals surface area contributed by atoms with Crippen molar-refractivity contribution in [2.45, 2.75) is 58.9 Å². The standard InChI is InChI=1S/C13H22N2S/c1-13(2,3)8-9(14)12-15-10-6-4-5-7-11(10)16-12/h9H,4-8,14H2,1-3H3. The first kappa shape index (κ1) is 12.1. The van der Waals surface area contributed by atoms with Gasteiger partial charge < -0.3 is 5.73 Å². The van der Waals surface area contributed by atoms with E-state index in [-0.39, 0.29) is 11.5 Å². The first-order chi connectivity index (χ1) is 7.46. The Morgan fingerprint density at radius 1 is 1.31 bits per heavy atom. The van der Waals surface area contributed by atoms with Crippen molar-refractivity contribution in [1.29, 1.82) is 0 Å². The second kappa shape index (κ2) is 4.46. The number of fused-ring (bicyclic) bond motifs is 1. The Labute approximate surface area is 102 Å². The van der Waals surface area contributed by atoms with Gasteiger partial charge in [-0.1, -0.05) is 20.8 Å². The van der Waals surface area contributed by atoms with Gasteiger partial charge in [0.25, 0.3) is 0 Å². The molecule has 0 bridgehead atoms. The second-order valence-corrected chi connectivity index (χ2v) is 7.12. The maximum absolute atomic E-state index is 6.24. The Bertz CT molecular complexity index is 339. The van der Waals surface area contributed by atoms with Crippen LogP contribution in [0.2, 0.25) is 0 Å². The fourth-order valence-electron chi connectivity index (χ4n) is 2.28. The molecule has 0 amide bonds. The summed E-state index contributed by atoms with van der Waals surface area (Å²) in [5.41, 5.74) is 7.85. The topological polar surface area (TPSA) is 38.9 Å². The van der Waals surface area contributed by atoms with E-state index in [0.717, 1.165) is 17.8 Å². The number of nitrogens with zero attached hydrogens (tertiary/aromatic N) is 1. The minimum atomic E-state index is 0.121. The normalized spacial score (nSPS) is 18.2. The summed E-state index contributed by atoms with van der Waals surface area (Å²) in [6.45, 7) is 6.71. The average Bonchev–Trinajstić information content (AvgIpc) is 2.58. The first-order valence-corrected chi connectivity index (χ1v) is 7.01. The van der Waals surface area contributed by atoms with Crippen molar-refractivity contribution in [2.75, 3.05) is 0 Å². The number of hydrogen-bond acceptors (Lipinski definition) is 3. The van der Waals surface area contributed by atoms with Crippen molar-refractivity contribution in [2.24, 2.45) is 11.1 Å². The van der Waals surface area contributed by atoms with E-state index in [9.17, 15) is 0 Å². The molecule has 2 nitrogen and oxygen atoms in total. The van der Waals surface area contributed by atoms with Gasteiger partial charge in [-0.25, -0.2) is 4.98 Å². The van der Waals surface area contributed by atoms with Crippen molar-refractivity contribution >= 4 is 11.3 Å². The molecule has 1 aliphatic carbocycles. The molecule has 0 fully saturated rings. The van der Waals surface area contributed by atoms with Gasteiger partial charge in [-0.05, 0) is 37.5 Å². The molecule has 0 aliphatic heterocycles. The molecule has 2 N–H and O–H groups in total. The number of nitrogens with two attached hydrogens (primary N) is 1. The molecule has 1 atom stereocenters. The van der Waals surface area contributed by atoms with Gasteiger partial charge in [-0.2, -0.15) is 0 Å². The highest BCUT2D eigenvalue weighted by Gasteiger charge is 2.22. The lowest BCUT2D eigenvalue weighted by Crippen LogP contribution is -2.18. The van der Waals surface area contributed by atoms with Gasteiger partial charge in [-0.3, -0.25) is 0 Å². The van der Waals surface area contributed by atoms with Crippen LogP contribution in [0.4, 0.5) is 0 Å². The summed E-state index contributed by atoms with van der Waals surface area (Å²) in [6, 6.07) is 0.121. The molecule has 0 aromatic carbocycles. The summed E-state index contributed by atoms with van der Waals surface area (Å²) in [5, 5.41) is 1.15. The quantitative estimate of drug-likeness (QED) is 0.857. The second-order valence-electron chi connectivity index (χ2n) is 6.00. The van der Waals surface area contributed by atoms with Gasteiger partial charge in [0.05, 0.1) is 11.7 Å². The Hall–Kier alpha value is -0.410. The van der Waals surface area contributed by atoms with E-state index in [4.69, 9.17) is 10.7 Å². The summed E-state index contributed by atoms with van der Waals surface area (Å²) in [7, 11) is 0. The SMILES string of the molecule is CC(C)(C)CC(N)c1nc2c(s1)CCCC2. The molecular weight excluding hydrogens is 216 g/mol. The Kier molecular flexibility index (Phi) is 3.36. The summed E-state index contributed by atoms with van der Waals surface area (Å²) in [4.78, 5) is 6.22. The summed E-state index contributed by atoms with van der Waals surface area (Å²) in [6.07, 6.45) is 6.01. The van der Waals surface area contributed by atoms with Crippen LogP contribution in [0.15, 0.2) is 0 Å². The molecule has 1 unspecified atom stereocenters. The van der Waals surface area contributed by atoms with Crippen LogP contribution in [0, 0.1) is 5.41 Å². The van der Waals surface area contributed by atoms with Crippen LogP contribution in [0.25, 0.3) is 0 Å². The molecule has 1 aromatic rings. The molecule has 1 aromatic heterocycles. The minimum Gasteiger partial charge on any atom is -0.322 e. The van der Waals surface area contributed by atoms with Crippen LogP contribution in [0.5, 0.6) is 0 Å². The van der Waals surface area contributed by atoms with E-state index in [2.05, 4.69) is 20.8 Å².